The van der Waals surface area contributed by atoms with Crippen molar-refractivity contribution in [2.75, 3.05) is 18.1 Å². The van der Waals surface area contributed by atoms with Gasteiger partial charge in [-0.15, -0.1) is 11.8 Å². The van der Waals surface area contributed by atoms with Crippen LogP contribution >= 0.6 is 11.8 Å². The summed E-state index contributed by atoms with van der Waals surface area (Å²) in [5, 5.41) is 3.20. The molecule has 0 amide bonds. The maximum Gasteiger partial charge on any atom is 0.110 e. The number of hydrogen-bond donors (Lipinski definition) is 1. The summed E-state index contributed by atoms with van der Waals surface area (Å²) in [7, 11) is 1.93. The van der Waals surface area contributed by atoms with Gasteiger partial charge in [-0.25, -0.2) is 0 Å². The molecule has 21 heavy (non-hydrogen) atoms. The van der Waals surface area contributed by atoms with Gasteiger partial charge in [0.05, 0.1) is 11.2 Å². The predicted octanol–water partition coefficient (Wildman–Crippen LogP) is 4.55. The molecule has 2 aromatic heterocycles. The van der Waals surface area contributed by atoms with Crippen LogP contribution in [0.15, 0.2) is 53.7 Å². The maximum absolute atomic E-state index is 4.59. The minimum Gasteiger partial charge on any atom is -0.374 e. The lowest BCUT2D eigenvalue weighted by atomic mass is 10.1. The van der Waals surface area contributed by atoms with E-state index in [1.54, 1.807) is 0 Å². The van der Waals surface area contributed by atoms with Crippen LogP contribution in [0.5, 0.6) is 0 Å². The van der Waals surface area contributed by atoms with Gasteiger partial charge in [-0.05, 0) is 36.4 Å². The van der Waals surface area contributed by atoms with Crippen LogP contribution in [0.2, 0.25) is 0 Å². The second kappa shape index (κ2) is 6.22. The van der Waals surface area contributed by atoms with E-state index in [9.17, 15) is 0 Å². The summed E-state index contributed by atoms with van der Waals surface area (Å²) in [5.41, 5.74) is 3.32. The van der Waals surface area contributed by atoms with Crippen molar-refractivity contribution in [1.29, 1.82) is 0 Å². The molecule has 0 bridgehead atoms. The van der Waals surface area contributed by atoms with Crippen molar-refractivity contribution in [3.8, 4) is 11.3 Å². The summed E-state index contributed by atoms with van der Waals surface area (Å²) < 4.78 is 2.13. The first-order valence-corrected chi connectivity index (χ1v) is 8.19. The number of nitrogens with zero attached hydrogens (tertiary/aromatic N) is 2. The first kappa shape index (κ1) is 14.0. The Labute approximate surface area is 129 Å². The first-order chi connectivity index (χ1) is 10.3. The third-order valence-electron chi connectivity index (χ3n) is 3.42. The maximum atomic E-state index is 4.59. The minimum atomic E-state index is 1.03. The molecule has 1 N–H and O–H groups in total. The average molecular weight is 297 g/mol. The molecule has 2 heterocycles. The Balaban J connectivity index is 2.06. The van der Waals surface area contributed by atoms with Crippen LogP contribution in [0.3, 0.4) is 0 Å². The van der Waals surface area contributed by atoms with Crippen molar-refractivity contribution in [3.63, 3.8) is 0 Å². The molecule has 0 unspecified atom stereocenters. The van der Waals surface area contributed by atoms with Gasteiger partial charge < -0.3 is 5.32 Å². The Hall–Kier alpha value is -1.94. The van der Waals surface area contributed by atoms with Crippen molar-refractivity contribution in [1.82, 2.24) is 9.38 Å². The monoisotopic (exact) mass is 297 g/mol. The van der Waals surface area contributed by atoms with E-state index in [4.69, 9.17) is 0 Å². The molecule has 0 fully saturated rings. The molecule has 108 valence electrons. The van der Waals surface area contributed by atoms with Crippen LogP contribution in [0.25, 0.3) is 16.8 Å². The number of thioether (sulfide) groups is 1. The average Bonchev–Trinajstić information content (AvgIpc) is 2.96. The zero-order valence-corrected chi connectivity index (χ0v) is 13.2. The highest BCUT2D eigenvalue weighted by Gasteiger charge is 2.08. The molecule has 3 aromatic rings. The Morgan fingerprint density at radius 1 is 1.24 bits per heavy atom. The standard InChI is InChI=1S/C17H19N3S/c1-3-11-21-14-6-4-5-13(12-14)17-15-7-8-16(18-2)20(15)10-9-19-17/h4-10,12,18H,3,11H2,1-2H3. The van der Waals surface area contributed by atoms with E-state index in [0.29, 0.717) is 0 Å². The Morgan fingerprint density at radius 3 is 2.95 bits per heavy atom. The zero-order valence-electron chi connectivity index (χ0n) is 12.3. The molecule has 3 rings (SSSR count). The van der Waals surface area contributed by atoms with Crippen molar-refractivity contribution in [3.05, 3.63) is 48.8 Å². The zero-order chi connectivity index (χ0) is 14.7. The van der Waals surface area contributed by atoms with Gasteiger partial charge in [0, 0.05) is 29.9 Å². The molecule has 0 radical (unpaired) electrons. The summed E-state index contributed by atoms with van der Waals surface area (Å²) >= 11 is 1.90. The van der Waals surface area contributed by atoms with Gasteiger partial charge in [-0.1, -0.05) is 19.1 Å². The summed E-state index contributed by atoms with van der Waals surface area (Å²) in [4.78, 5) is 5.89. The third-order valence-corrected chi connectivity index (χ3v) is 4.62. The first-order valence-electron chi connectivity index (χ1n) is 7.20. The molecule has 3 nitrogen and oxygen atoms in total. The van der Waals surface area contributed by atoms with Crippen molar-refractivity contribution in [2.24, 2.45) is 0 Å². The molecule has 0 aliphatic carbocycles. The van der Waals surface area contributed by atoms with Gasteiger partial charge in [-0.2, -0.15) is 0 Å². The van der Waals surface area contributed by atoms with Gasteiger partial charge in [0.15, 0.2) is 0 Å². The van der Waals surface area contributed by atoms with Gasteiger partial charge in [-0.3, -0.25) is 9.38 Å². The number of nitrogens with one attached hydrogen (secondary N) is 1. The van der Waals surface area contributed by atoms with Gasteiger partial charge in [0.2, 0.25) is 0 Å². The summed E-state index contributed by atoms with van der Waals surface area (Å²) in [6, 6.07) is 12.8. The molecule has 0 aliphatic rings. The van der Waals surface area contributed by atoms with Crippen LogP contribution < -0.4 is 5.32 Å². The number of benzene rings is 1. The van der Waals surface area contributed by atoms with E-state index in [1.165, 1.54) is 16.9 Å². The molecule has 0 aliphatic heterocycles. The second-order valence-corrected chi connectivity index (χ2v) is 6.04. The van der Waals surface area contributed by atoms with Crippen molar-refractivity contribution >= 4 is 23.1 Å². The fraction of sp³-hybridized carbons (Fsp3) is 0.235. The van der Waals surface area contributed by atoms with E-state index in [1.807, 2.05) is 31.2 Å². The third kappa shape index (κ3) is 2.76. The van der Waals surface area contributed by atoms with E-state index >= 15 is 0 Å². The van der Waals surface area contributed by atoms with E-state index in [0.717, 1.165) is 22.8 Å². The fourth-order valence-electron chi connectivity index (χ4n) is 2.42. The Kier molecular flexibility index (Phi) is 4.15. The number of aromatic nitrogens is 2. The molecule has 4 heteroatoms. The lowest BCUT2D eigenvalue weighted by molar-refractivity contribution is 1.10. The highest BCUT2D eigenvalue weighted by atomic mass is 32.2. The Morgan fingerprint density at radius 2 is 2.14 bits per heavy atom. The van der Waals surface area contributed by atoms with Gasteiger partial charge >= 0.3 is 0 Å². The van der Waals surface area contributed by atoms with E-state index < -0.39 is 0 Å². The lowest BCUT2D eigenvalue weighted by Crippen LogP contribution is -1.96. The van der Waals surface area contributed by atoms with Crippen LogP contribution in [-0.4, -0.2) is 22.2 Å². The second-order valence-electron chi connectivity index (χ2n) is 4.88. The molecular formula is C17H19N3S. The normalized spacial score (nSPS) is 11.0. The fourth-order valence-corrected chi connectivity index (χ4v) is 3.25. The topological polar surface area (TPSA) is 29.3 Å². The Bertz CT molecular complexity index is 749. The van der Waals surface area contributed by atoms with E-state index in [-0.39, 0.29) is 0 Å². The van der Waals surface area contributed by atoms with Gasteiger partial charge in [0.25, 0.3) is 0 Å². The van der Waals surface area contributed by atoms with Crippen molar-refractivity contribution < 1.29 is 0 Å². The number of rotatable bonds is 5. The minimum absolute atomic E-state index is 1.03. The van der Waals surface area contributed by atoms with Crippen LogP contribution in [0.1, 0.15) is 13.3 Å². The summed E-state index contributed by atoms with van der Waals surface area (Å²) in [6.45, 7) is 2.21. The van der Waals surface area contributed by atoms with E-state index in [2.05, 4.69) is 58.0 Å². The molecule has 0 saturated heterocycles. The highest BCUT2D eigenvalue weighted by molar-refractivity contribution is 7.99. The van der Waals surface area contributed by atoms with Crippen LogP contribution in [-0.2, 0) is 0 Å². The number of hydrogen-bond acceptors (Lipinski definition) is 3. The number of anilines is 1. The molecule has 0 atom stereocenters. The summed E-state index contributed by atoms with van der Waals surface area (Å²) in [5.74, 6) is 2.22. The number of fused-ring (bicyclic) bond motifs is 1. The molecule has 0 saturated carbocycles. The smallest absolute Gasteiger partial charge is 0.110 e. The van der Waals surface area contributed by atoms with Crippen LogP contribution in [0, 0.1) is 0 Å². The van der Waals surface area contributed by atoms with Crippen molar-refractivity contribution in [2.45, 2.75) is 18.2 Å². The quantitative estimate of drug-likeness (QED) is 0.701. The largest absolute Gasteiger partial charge is 0.374 e. The van der Waals surface area contributed by atoms with Gasteiger partial charge in [0.1, 0.15) is 5.82 Å². The highest BCUT2D eigenvalue weighted by Crippen LogP contribution is 2.29. The molecule has 0 spiro atoms. The lowest BCUT2D eigenvalue weighted by Gasteiger charge is -2.08. The predicted molar refractivity (Wildman–Crippen MR) is 91.2 cm³/mol. The van der Waals surface area contributed by atoms with Crippen LogP contribution in [0.4, 0.5) is 5.82 Å². The summed E-state index contributed by atoms with van der Waals surface area (Å²) in [6.07, 6.45) is 5.03. The molecular weight excluding hydrogens is 278 g/mol. The SMILES string of the molecule is CCCSc1cccc(-c2nccn3c(NC)ccc23)c1. The molecule has 1 aromatic carbocycles.